The van der Waals surface area contributed by atoms with Crippen LogP contribution < -0.4 is 4.72 Å². The first-order valence-corrected chi connectivity index (χ1v) is 9.82. The molecule has 0 unspecified atom stereocenters. The number of anilines is 1. The second-order valence-corrected chi connectivity index (χ2v) is 7.81. The molecule has 138 valence electrons. The third kappa shape index (κ3) is 3.75. The lowest BCUT2D eigenvalue weighted by atomic mass is 10.1. The molecule has 0 saturated carbocycles. The van der Waals surface area contributed by atoms with Crippen LogP contribution in [-0.4, -0.2) is 35.6 Å². The summed E-state index contributed by atoms with van der Waals surface area (Å²) in [6, 6.07) is 18.0. The number of aromatic amines is 1. The molecule has 1 heterocycles. The number of H-pyrrole nitrogens is 1. The van der Waals surface area contributed by atoms with Gasteiger partial charge in [-0.1, -0.05) is 24.3 Å². The first-order valence-electron chi connectivity index (χ1n) is 9.00. The highest BCUT2D eigenvalue weighted by atomic mass is 32.2. The van der Waals surface area contributed by atoms with E-state index in [1.165, 1.54) is 10.9 Å². The monoisotopic (exact) mass is 377 g/mol. The van der Waals surface area contributed by atoms with Gasteiger partial charge in [0.25, 0.3) is 0 Å². The zero-order chi connectivity index (χ0) is 18.8. The average Bonchev–Trinajstić information content (AvgIpc) is 3.07. The molecule has 0 radical (unpaired) electrons. The van der Waals surface area contributed by atoms with E-state index in [0.717, 1.165) is 39.8 Å². The standard InChI is InChI=1S/C22H23N3OS/c1-25(2)12-11-15-14-23-20-10-9-16(13-19(15)20)24-27-22-8-4-5-17-18(22)6-3-7-21(17)26/h3-10,13-14,23-24,26H,11-12H2,1-2H3. The molecule has 1 aromatic heterocycles. The number of hydrogen-bond donors (Lipinski definition) is 3. The van der Waals surface area contributed by atoms with Gasteiger partial charge in [-0.05, 0) is 68.4 Å². The van der Waals surface area contributed by atoms with E-state index in [0.29, 0.717) is 5.75 Å². The van der Waals surface area contributed by atoms with E-state index < -0.39 is 0 Å². The van der Waals surface area contributed by atoms with Crippen LogP contribution in [0.25, 0.3) is 21.7 Å². The third-order valence-corrected chi connectivity index (χ3v) is 5.65. The Morgan fingerprint density at radius 3 is 2.67 bits per heavy atom. The molecule has 0 amide bonds. The van der Waals surface area contributed by atoms with Crippen molar-refractivity contribution < 1.29 is 5.11 Å². The molecule has 3 aromatic carbocycles. The van der Waals surface area contributed by atoms with Crippen molar-refractivity contribution in [2.45, 2.75) is 11.3 Å². The zero-order valence-corrected chi connectivity index (χ0v) is 16.3. The van der Waals surface area contributed by atoms with Crippen molar-refractivity contribution in [1.82, 2.24) is 9.88 Å². The molecule has 0 aliphatic heterocycles. The molecule has 0 atom stereocenters. The summed E-state index contributed by atoms with van der Waals surface area (Å²) in [6.45, 7) is 1.03. The van der Waals surface area contributed by atoms with Crippen molar-refractivity contribution in [3.63, 3.8) is 0 Å². The van der Waals surface area contributed by atoms with Gasteiger partial charge in [0.2, 0.25) is 0 Å². The Balaban J connectivity index is 1.57. The highest BCUT2D eigenvalue weighted by molar-refractivity contribution is 8.00. The van der Waals surface area contributed by atoms with Gasteiger partial charge in [-0.3, -0.25) is 0 Å². The van der Waals surface area contributed by atoms with Crippen LogP contribution in [0, 0.1) is 0 Å². The van der Waals surface area contributed by atoms with Crippen LogP contribution in [0.3, 0.4) is 0 Å². The largest absolute Gasteiger partial charge is 0.507 e. The molecule has 0 aliphatic carbocycles. The maximum Gasteiger partial charge on any atom is 0.123 e. The Labute approximate surface area is 163 Å². The second kappa shape index (κ2) is 7.55. The molecule has 0 fully saturated rings. The summed E-state index contributed by atoms with van der Waals surface area (Å²) >= 11 is 1.57. The van der Waals surface area contributed by atoms with E-state index in [9.17, 15) is 5.11 Å². The third-order valence-electron chi connectivity index (χ3n) is 4.73. The second-order valence-electron chi connectivity index (χ2n) is 6.96. The molecule has 27 heavy (non-hydrogen) atoms. The topological polar surface area (TPSA) is 51.3 Å². The lowest BCUT2D eigenvalue weighted by molar-refractivity contribution is 0.414. The van der Waals surface area contributed by atoms with E-state index >= 15 is 0 Å². The molecule has 0 aliphatic rings. The quantitative estimate of drug-likeness (QED) is 0.402. The molecule has 0 saturated heterocycles. The molecule has 4 aromatic rings. The molecule has 0 bridgehead atoms. The van der Waals surface area contributed by atoms with Crippen LogP contribution in [0.15, 0.2) is 65.7 Å². The number of aromatic hydroxyl groups is 1. The number of likely N-dealkylation sites (N-methyl/N-ethyl adjacent to an activating group) is 1. The van der Waals surface area contributed by atoms with Gasteiger partial charge >= 0.3 is 0 Å². The minimum atomic E-state index is 0.314. The van der Waals surface area contributed by atoms with Gasteiger partial charge < -0.3 is 19.7 Å². The Hall–Kier alpha value is -2.63. The van der Waals surface area contributed by atoms with Crippen molar-refractivity contribution in [2.75, 3.05) is 25.4 Å². The fourth-order valence-electron chi connectivity index (χ4n) is 3.26. The molecule has 3 N–H and O–H groups in total. The number of hydrogen-bond acceptors (Lipinski definition) is 4. The average molecular weight is 378 g/mol. The van der Waals surface area contributed by atoms with Crippen molar-refractivity contribution in [2.24, 2.45) is 0 Å². The Kier molecular flexibility index (Phi) is 4.97. The van der Waals surface area contributed by atoms with Gasteiger partial charge in [0.1, 0.15) is 5.75 Å². The highest BCUT2D eigenvalue weighted by Crippen LogP contribution is 2.33. The number of aromatic nitrogens is 1. The summed E-state index contributed by atoms with van der Waals surface area (Å²) in [5.74, 6) is 0.314. The van der Waals surface area contributed by atoms with Gasteiger partial charge in [0, 0.05) is 45.0 Å². The van der Waals surface area contributed by atoms with Gasteiger partial charge in [-0.15, -0.1) is 0 Å². The summed E-state index contributed by atoms with van der Waals surface area (Å²) in [7, 11) is 4.20. The number of phenols is 1. The molecule has 5 heteroatoms. The van der Waals surface area contributed by atoms with E-state index in [1.54, 1.807) is 18.0 Å². The number of phenolic OH excluding ortho intramolecular Hbond substituents is 1. The first kappa shape index (κ1) is 17.8. The summed E-state index contributed by atoms with van der Waals surface area (Å²) in [5, 5.41) is 13.2. The van der Waals surface area contributed by atoms with E-state index in [-0.39, 0.29) is 0 Å². The fourth-order valence-corrected chi connectivity index (χ4v) is 4.05. The number of nitrogens with one attached hydrogen (secondary N) is 2. The highest BCUT2D eigenvalue weighted by Gasteiger charge is 2.08. The number of fused-ring (bicyclic) bond motifs is 2. The number of benzene rings is 3. The van der Waals surface area contributed by atoms with Crippen molar-refractivity contribution >= 4 is 39.3 Å². The number of nitrogens with zero attached hydrogens (tertiary/aromatic N) is 1. The van der Waals surface area contributed by atoms with Crippen LogP contribution in [0.5, 0.6) is 5.75 Å². The van der Waals surface area contributed by atoms with E-state index in [2.05, 4.69) is 59.2 Å². The maximum absolute atomic E-state index is 10.1. The predicted octanol–water partition coefficient (Wildman–Crippen LogP) is 5.25. The van der Waals surface area contributed by atoms with Crippen LogP contribution >= 0.6 is 11.9 Å². The predicted molar refractivity (Wildman–Crippen MR) is 116 cm³/mol. The van der Waals surface area contributed by atoms with Crippen LogP contribution in [0.4, 0.5) is 5.69 Å². The van der Waals surface area contributed by atoms with Crippen LogP contribution in [0.2, 0.25) is 0 Å². The van der Waals surface area contributed by atoms with E-state index in [4.69, 9.17) is 0 Å². The van der Waals surface area contributed by atoms with Crippen molar-refractivity contribution in [3.8, 4) is 5.75 Å². The Morgan fingerprint density at radius 1 is 1.00 bits per heavy atom. The van der Waals surface area contributed by atoms with Gasteiger partial charge in [-0.25, -0.2) is 0 Å². The first-order chi connectivity index (χ1) is 13.1. The molecule has 4 nitrogen and oxygen atoms in total. The summed E-state index contributed by atoms with van der Waals surface area (Å²) in [4.78, 5) is 6.65. The minimum Gasteiger partial charge on any atom is -0.507 e. The lowest BCUT2D eigenvalue weighted by Gasteiger charge is -2.10. The van der Waals surface area contributed by atoms with Crippen molar-refractivity contribution in [3.05, 3.63) is 66.4 Å². The smallest absolute Gasteiger partial charge is 0.123 e. The maximum atomic E-state index is 10.1. The van der Waals surface area contributed by atoms with Crippen LogP contribution in [0.1, 0.15) is 5.56 Å². The lowest BCUT2D eigenvalue weighted by Crippen LogP contribution is -2.14. The van der Waals surface area contributed by atoms with Crippen molar-refractivity contribution in [1.29, 1.82) is 0 Å². The molecule has 4 rings (SSSR count). The zero-order valence-electron chi connectivity index (χ0n) is 15.5. The Morgan fingerprint density at radius 2 is 1.81 bits per heavy atom. The normalized spacial score (nSPS) is 11.5. The summed E-state index contributed by atoms with van der Waals surface area (Å²) < 4.78 is 3.46. The molecular formula is C22H23N3OS. The van der Waals surface area contributed by atoms with Gasteiger partial charge in [-0.2, -0.15) is 0 Å². The minimum absolute atomic E-state index is 0.314. The van der Waals surface area contributed by atoms with Crippen LogP contribution in [-0.2, 0) is 6.42 Å². The molecular weight excluding hydrogens is 354 g/mol. The Bertz CT molecular complexity index is 1090. The van der Waals surface area contributed by atoms with Gasteiger partial charge in [0.05, 0.1) is 0 Å². The SMILES string of the molecule is CN(C)CCc1c[nH]c2ccc(NSc3cccc4c(O)cccc34)cc12. The summed E-state index contributed by atoms with van der Waals surface area (Å²) in [6.07, 6.45) is 3.13. The number of rotatable bonds is 6. The fraction of sp³-hybridized carbons (Fsp3) is 0.182. The van der Waals surface area contributed by atoms with E-state index in [1.807, 2.05) is 24.3 Å². The van der Waals surface area contributed by atoms with Gasteiger partial charge in [0.15, 0.2) is 0 Å². The summed E-state index contributed by atoms with van der Waals surface area (Å²) in [5.41, 5.74) is 3.56. The molecule has 0 spiro atoms.